The van der Waals surface area contributed by atoms with Crippen LogP contribution in [0.15, 0.2) is 40.2 Å². The monoisotopic (exact) mass is 371 g/mol. The van der Waals surface area contributed by atoms with Gasteiger partial charge >= 0.3 is 0 Å². The van der Waals surface area contributed by atoms with Crippen LogP contribution >= 0.6 is 0 Å². The topological polar surface area (TPSA) is 78.8 Å². The molecule has 1 aromatic carbocycles. The predicted octanol–water partition coefficient (Wildman–Crippen LogP) is 0.879. The Morgan fingerprint density at radius 3 is 2.58 bits per heavy atom. The van der Waals surface area contributed by atoms with Gasteiger partial charge in [-0.2, -0.15) is 0 Å². The molecule has 0 aromatic heterocycles. The van der Waals surface area contributed by atoms with Crippen molar-refractivity contribution in [3.8, 4) is 0 Å². The summed E-state index contributed by atoms with van der Waals surface area (Å²) in [6, 6.07) is 9.34. The molecule has 1 aliphatic heterocycles. The molecule has 1 aliphatic rings. The van der Waals surface area contributed by atoms with E-state index in [1.807, 2.05) is 35.2 Å². The maximum atomic E-state index is 12.2. The molecule has 1 saturated heterocycles. The van der Waals surface area contributed by atoms with Crippen LogP contribution in [0.5, 0.6) is 0 Å². The lowest BCUT2D eigenvalue weighted by Gasteiger charge is -2.39. The molecule has 1 N–H and O–H groups in total. The summed E-state index contributed by atoms with van der Waals surface area (Å²) in [5, 5.41) is 3.19. The van der Waals surface area contributed by atoms with Crippen LogP contribution in [0.3, 0.4) is 0 Å². The van der Waals surface area contributed by atoms with Gasteiger partial charge in [0.15, 0.2) is 15.8 Å². The Balaban J connectivity index is 1.91. The number of nitrogens with one attached hydrogen (secondary N) is 1. The molecule has 0 radical (unpaired) electrons. The molecule has 6 nitrogen and oxygen atoms in total. The van der Waals surface area contributed by atoms with Crippen LogP contribution in [0.1, 0.15) is 13.8 Å². The average molecular weight is 372 g/mol. The van der Waals surface area contributed by atoms with Crippen molar-refractivity contribution in [3.63, 3.8) is 0 Å². The number of aliphatic imine (C=N–C) groups is 1. The number of rotatable bonds is 4. The Morgan fingerprint density at radius 1 is 1.33 bits per heavy atom. The quantitative estimate of drug-likeness (QED) is 0.628. The van der Waals surface area contributed by atoms with Crippen molar-refractivity contribution in [1.29, 1.82) is 0 Å². The minimum absolute atomic E-state index is 0.122. The molecule has 1 unspecified atom stereocenters. The summed E-state index contributed by atoms with van der Waals surface area (Å²) < 4.78 is 35.6. The summed E-state index contributed by atoms with van der Waals surface area (Å²) in [4.78, 5) is 6.99. The number of sulfone groups is 1. The Labute approximate surface area is 146 Å². The molecule has 1 heterocycles. The first kappa shape index (κ1) is 18.9. The zero-order chi connectivity index (χ0) is 17.8. The Bertz CT molecular complexity index is 715. The molecule has 1 atom stereocenters. The van der Waals surface area contributed by atoms with Gasteiger partial charge < -0.3 is 10.2 Å². The lowest BCUT2D eigenvalue weighted by atomic mass is 10.2. The fraction of sp³-hybridized carbons (Fsp3) is 0.562. The molecule has 0 spiro atoms. The third kappa shape index (κ3) is 4.36. The highest BCUT2D eigenvalue weighted by Crippen LogP contribution is 2.23. The molecular weight excluding hydrogens is 346 g/mol. The van der Waals surface area contributed by atoms with Crippen molar-refractivity contribution < 1.29 is 12.6 Å². The van der Waals surface area contributed by atoms with Gasteiger partial charge in [-0.25, -0.2) is 8.42 Å². The summed E-state index contributed by atoms with van der Waals surface area (Å²) in [6.45, 7) is 4.82. The SMILES string of the molecule is CN=C(NCCS(=O)c1ccccc1)N1CCS(=O)(=O)C(C)(C)C1. The van der Waals surface area contributed by atoms with Crippen LogP contribution in [-0.4, -0.2) is 66.4 Å². The largest absolute Gasteiger partial charge is 0.355 e. The molecular formula is C16H25N3O3S2. The second-order valence-corrected chi connectivity index (χ2v) is 10.7. The van der Waals surface area contributed by atoms with Crippen LogP contribution in [0.2, 0.25) is 0 Å². The fourth-order valence-corrected chi connectivity index (χ4v) is 4.95. The van der Waals surface area contributed by atoms with Gasteiger partial charge in [0.1, 0.15) is 0 Å². The van der Waals surface area contributed by atoms with Gasteiger partial charge in [0.05, 0.1) is 21.3 Å². The lowest BCUT2D eigenvalue weighted by molar-refractivity contribution is 0.354. The highest BCUT2D eigenvalue weighted by Gasteiger charge is 2.40. The van der Waals surface area contributed by atoms with Gasteiger partial charge in [0.2, 0.25) is 0 Å². The number of hydrogen-bond acceptors (Lipinski definition) is 4. The van der Waals surface area contributed by atoms with Gasteiger partial charge in [-0.05, 0) is 26.0 Å². The normalized spacial score (nSPS) is 21.3. The highest BCUT2D eigenvalue weighted by molar-refractivity contribution is 7.92. The van der Waals surface area contributed by atoms with E-state index in [0.717, 1.165) is 4.90 Å². The van der Waals surface area contributed by atoms with E-state index >= 15 is 0 Å². The first-order valence-corrected chi connectivity index (χ1v) is 10.9. The zero-order valence-corrected chi connectivity index (χ0v) is 16.0. The standard InChI is InChI=1S/C16H25N3O3S2/c1-16(2)13-19(10-12-24(16,21)22)15(17-3)18-9-11-23(20)14-7-5-4-6-8-14/h4-8H,9-13H2,1-3H3,(H,17,18). The molecule has 0 amide bonds. The van der Waals surface area contributed by atoms with Crippen molar-refractivity contribution in [2.75, 3.05) is 38.2 Å². The molecule has 1 aromatic rings. The summed E-state index contributed by atoms with van der Waals surface area (Å²) in [5.41, 5.74) is 0. The summed E-state index contributed by atoms with van der Waals surface area (Å²) >= 11 is 0. The van der Waals surface area contributed by atoms with E-state index in [-0.39, 0.29) is 5.75 Å². The Morgan fingerprint density at radius 2 is 2.00 bits per heavy atom. The van der Waals surface area contributed by atoms with Crippen LogP contribution < -0.4 is 5.32 Å². The fourth-order valence-electron chi connectivity index (χ4n) is 2.60. The first-order chi connectivity index (χ1) is 11.3. The summed E-state index contributed by atoms with van der Waals surface area (Å²) in [7, 11) is -2.47. The third-order valence-electron chi connectivity index (χ3n) is 4.13. The van der Waals surface area contributed by atoms with Gasteiger partial charge in [0.25, 0.3) is 0 Å². The van der Waals surface area contributed by atoms with E-state index in [1.54, 1.807) is 20.9 Å². The van der Waals surface area contributed by atoms with Crippen LogP contribution in [-0.2, 0) is 20.6 Å². The van der Waals surface area contributed by atoms with Gasteiger partial charge in [-0.1, -0.05) is 18.2 Å². The second kappa shape index (κ2) is 7.65. The van der Waals surface area contributed by atoms with E-state index in [4.69, 9.17) is 0 Å². The molecule has 8 heteroatoms. The summed E-state index contributed by atoms with van der Waals surface area (Å²) in [6.07, 6.45) is 0. The van der Waals surface area contributed by atoms with Crippen molar-refractivity contribution >= 4 is 26.6 Å². The molecule has 0 saturated carbocycles. The van der Waals surface area contributed by atoms with Crippen molar-refractivity contribution in [2.24, 2.45) is 4.99 Å². The Kier molecular flexibility index (Phi) is 6.03. The lowest BCUT2D eigenvalue weighted by Crippen LogP contribution is -2.57. The maximum absolute atomic E-state index is 12.2. The smallest absolute Gasteiger partial charge is 0.193 e. The van der Waals surface area contributed by atoms with E-state index in [9.17, 15) is 12.6 Å². The van der Waals surface area contributed by atoms with Gasteiger partial charge in [-0.3, -0.25) is 9.20 Å². The molecule has 1 fully saturated rings. The Hall–Kier alpha value is -1.41. The third-order valence-corrected chi connectivity index (χ3v) is 8.04. The molecule has 24 heavy (non-hydrogen) atoms. The van der Waals surface area contributed by atoms with E-state index in [0.29, 0.717) is 31.3 Å². The van der Waals surface area contributed by atoms with E-state index < -0.39 is 25.4 Å². The van der Waals surface area contributed by atoms with E-state index in [2.05, 4.69) is 10.3 Å². The van der Waals surface area contributed by atoms with E-state index in [1.165, 1.54) is 0 Å². The maximum Gasteiger partial charge on any atom is 0.193 e. The van der Waals surface area contributed by atoms with Crippen molar-refractivity contribution in [2.45, 2.75) is 23.5 Å². The van der Waals surface area contributed by atoms with Crippen molar-refractivity contribution in [1.82, 2.24) is 10.2 Å². The zero-order valence-electron chi connectivity index (χ0n) is 14.4. The number of hydrogen-bond donors (Lipinski definition) is 1. The van der Waals surface area contributed by atoms with Gasteiger partial charge in [0, 0.05) is 37.3 Å². The molecule has 0 aliphatic carbocycles. The van der Waals surface area contributed by atoms with Crippen LogP contribution in [0.25, 0.3) is 0 Å². The molecule has 2 rings (SSSR count). The second-order valence-electron chi connectivity index (χ2n) is 6.34. The minimum atomic E-state index is -3.08. The first-order valence-electron chi connectivity index (χ1n) is 7.88. The van der Waals surface area contributed by atoms with Crippen LogP contribution in [0.4, 0.5) is 0 Å². The minimum Gasteiger partial charge on any atom is -0.355 e. The number of guanidine groups is 1. The van der Waals surface area contributed by atoms with Crippen molar-refractivity contribution in [3.05, 3.63) is 30.3 Å². The average Bonchev–Trinajstić information content (AvgIpc) is 2.55. The predicted molar refractivity (Wildman–Crippen MR) is 98.5 cm³/mol. The van der Waals surface area contributed by atoms with Crippen LogP contribution in [0, 0.1) is 0 Å². The molecule has 0 bridgehead atoms. The summed E-state index contributed by atoms with van der Waals surface area (Å²) in [5.74, 6) is 1.25. The molecule has 134 valence electrons. The number of benzene rings is 1. The highest BCUT2D eigenvalue weighted by atomic mass is 32.2. The number of nitrogens with zero attached hydrogens (tertiary/aromatic N) is 2. The van der Waals surface area contributed by atoms with Gasteiger partial charge in [-0.15, -0.1) is 0 Å².